The summed E-state index contributed by atoms with van der Waals surface area (Å²) in [4.78, 5) is 26.2. The molecule has 5 nitrogen and oxygen atoms in total. The fourth-order valence-corrected chi connectivity index (χ4v) is 1.42. The number of ether oxygens (including phenoxy) is 1. The van der Waals surface area contributed by atoms with Crippen LogP contribution >= 0.6 is 0 Å². The first-order valence-electron chi connectivity index (χ1n) is 6.09. The lowest BCUT2D eigenvalue weighted by atomic mass is 10.2. The maximum atomic E-state index is 11.4. The number of hydrogen-bond acceptors (Lipinski definition) is 4. The molecule has 0 atom stereocenters. The van der Waals surface area contributed by atoms with Crippen LogP contribution < -0.4 is 0 Å². The lowest BCUT2D eigenvalue weighted by Crippen LogP contribution is -2.32. The highest BCUT2D eigenvalue weighted by atomic mass is 16.5. The van der Waals surface area contributed by atoms with E-state index in [4.69, 9.17) is 4.74 Å². The van der Waals surface area contributed by atoms with Gasteiger partial charge in [-0.25, -0.2) is 0 Å². The molecule has 0 aliphatic carbocycles. The number of amides is 1. The number of nitrogens with zero attached hydrogens (tertiary/aromatic N) is 2. The van der Waals surface area contributed by atoms with E-state index < -0.39 is 0 Å². The molecule has 0 saturated carbocycles. The Kier molecular flexibility index (Phi) is 8.40. The quantitative estimate of drug-likeness (QED) is 0.591. The van der Waals surface area contributed by atoms with Gasteiger partial charge in [0.2, 0.25) is 5.91 Å². The summed E-state index contributed by atoms with van der Waals surface area (Å²) in [5, 5.41) is 0. The van der Waals surface area contributed by atoms with E-state index >= 15 is 0 Å². The largest absolute Gasteiger partial charge is 0.465 e. The minimum Gasteiger partial charge on any atom is -0.465 e. The summed E-state index contributed by atoms with van der Waals surface area (Å²) in [6.45, 7) is 6.04. The van der Waals surface area contributed by atoms with Crippen molar-refractivity contribution >= 4 is 11.9 Å². The van der Waals surface area contributed by atoms with Crippen LogP contribution in [0.5, 0.6) is 0 Å². The van der Waals surface area contributed by atoms with Crippen LogP contribution in [-0.2, 0) is 14.3 Å². The van der Waals surface area contributed by atoms with Gasteiger partial charge in [0, 0.05) is 20.5 Å². The summed E-state index contributed by atoms with van der Waals surface area (Å²) in [5.41, 5.74) is 0. The molecule has 0 N–H and O–H groups in total. The zero-order valence-electron chi connectivity index (χ0n) is 11.4. The highest BCUT2D eigenvalue weighted by molar-refractivity contribution is 5.75. The van der Waals surface area contributed by atoms with E-state index in [9.17, 15) is 9.59 Å². The second-order valence-corrected chi connectivity index (χ2v) is 4.07. The van der Waals surface area contributed by atoms with Gasteiger partial charge in [-0.1, -0.05) is 6.92 Å². The summed E-state index contributed by atoms with van der Waals surface area (Å²) in [6, 6.07) is 0. The van der Waals surface area contributed by atoms with Gasteiger partial charge in [-0.05, 0) is 26.4 Å². The summed E-state index contributed by atoms with van der Waals surface area (Å²) in [7, 11) is 3.50. The normalized spacial score (nSPS) is 10.4. The van der Waals surface area contributed by atoms with Gasteiger partial charge in [0.25, 0.3) is 0 Å². The lowest BCUT2D eigenvalue weighted by Gasteiger charge is -2.19. The highest BCUT2D eigenvalue weighted by Crippen LogP contribution is 1.98. The van der Waals surface area contributed by atoms with E-state index in [0.29, 0.717) is 19.6 Å². The van der Waals surface area contributed by atoms with Crippen LogP contribution in [0, 0.1) is 0 Å². The SMILES string of the molecule is CCOC(=O)CN(CC)CCCC(=O)N(C)C. The van der Waals surface area contributed by atoms with E-state index in [-0.39, 0.29) is 11.9 Å². The van der Waals surface area contributed by atoms with Gasteiger partial charge >= 0.3 is 5.97 Å². The van der Waals surface area contributed by atoms with Crippen molar-refractivity contribution in [3.05, 3.63) is 0 Å². The van der Waals surface area contributed by atoms with Crippen LogP contribution in [0.15, 0.2) is 0 Å². The van der Waals surface area contributed by atoms with Gasteiger partial charge in [-0.3, -0.25) is 14.5 Å². The second-order valence-electron chi connectivity index (χ2n) is 4.07. The highest BCUT2D eigenvalue weighted by Gasteiger charge is 2.10. The summed E-state index contributed by atoms with van der Waals surface area (Å²) in [5.74, 6) is -0.0783. The van der Waals surface area contributed by atoms with Crippen molar-refractivity contribution in [2.75, 3.05) is 40.3 Å². The van der Waals surface area contributed by atoms with Crippen LogP contribution in [-0.4, -0.2) is 62.0 Å². The van der Waals surface area contributed by atoms with Crippen molar-refractivity contribution < 1.29 is 14.3 Å². The molecule has 0 aliphatic rings. The van der Waals surface area contributed by atoms with Crippen LogP contribution in [0.1, 0.15) is 26.7 Å². The first kappa shape index (κ1) is 15.9. The van der Waals surface area contributed by atoms with Crippen LogP contribution in [0.25, 0.3) is 0 Å². The molecule has 0 aromatic carbocycles. The molecule has 0 aromatic heterocycles. The third-order valence-electron chi connectivity index (χ3n) is 2.47. The number of likely N-dealkylation sites (N-methyl/N-ethyl adjacent to an activating group) is 1. The van der Waals surface area contributed by atoms with Crippen LogP contribution in [0.4, 0.5) is 0 Å². The Bertz CT molecular complexity index is 242. The number of rotatable bonds is 8. The zero-order chi connectivity index (χ0) is 13.3. The van der Waals surface area contributed by atoms with Crippen molar-refractivity contribution in [2.45, 2.75) is 26.7 Å². The van der Waals surface area contributed by atoms with E-state index in [2.05, 4.69) is 0 Å². The first-order valence-corrected chi connectivity index (χ1v) is 6.09. The Morgan fingerprint density at radius 1 is 1.18 bits per heavy atom. The van der Waals surface area contributed by atoms with E-state index in [1.807, 2.05) is 11.8 Å². The zero-order valence-corrected chi connectivity index (χ0v) is 11.4. The Balaban J connectivity index is 3.82. The Labute approximate surface area is 104 Å². The number of carbonyl (C=O) groups is 2. The maximum absolute atomic E-state index is 11.4. The fraction of sp³-hybridized carbons (Fsp3) is 0.833. The molecule has 1 amide bonds. The molecule has 0 rings (SSSR count). The van der Waals surface area contributed by atoms with E-state index in [1.165, 1.54) is 0 Å². The Morgan fingerprint density at radius 2 is 1.82 bits per heavy atom. The smallest absolute Gasteiger partial charge is 0.320 e. The average molecular weight is 244 g/mol. The van der Waals surface area contributed by atoms with Gasteiger partial charge in [0.15, 0.2) is 0 Å². The van der Waals surface area contributed by atoms with Crippen molar-refractivity contribution in [1.29, 1.82) is 0 Å². The topological polar surface area (TPSA) is 49.9 Å². The number of esters is 1. The average Bonchev–Trinajstić information content (AvgIpc) is 2.27. The monoisotopic (exact) mass is 244 g/mol. The second kappa shape index (κ2) is 8.98. The van der Waals surface area contributed by atoms with E-state index in [1.54, 1.807) is 25.9 Å². The number of hydrogen-bond donors (Lipinski definition) is 0. The fourth-order valence-electron chi connectivity index (χ4n) is 1.42. The lowest BCUT2D eigenvalue weighted by molar-refractivity contribution is -0.144. The molecule has 5 heteroatoms. The minimum atomic E-state index is -0.201. The standard InChI is InChI=1S/C12H24N2O3/c1-5-14(10-12(16)17-6-2)9-7-8-11(15)13(3)4/h5-10H2,1-4H3. The summed E-state index contributed by atoms with van der Waals surface area (Å²) in [6.07, 6.45) is 1.29. The molecule has 100 valence electrons. The molecule has 0 aromatic rings. The van der Waals surface area contributed by atoms with Gasteiger partial charge in [0.1, 0.15) is 0 Å². The molecular formula is C12H24N2O3. The third-order valence-corrected chi connectivity index (χ3v) is 2.47. The molecule has 0 heterocycles. The molecule has 0 spiro atoms. The Morgan fingerprint density at radius 3 is 2.29 bits per heavy atom. The Hall–Kier alpha value is -1.10. The first-order chi connectivity index (χ1) is 8.01. The minimum absolute atomic E-state index is 0.122. The predicted octanol–water partition coefficient (Wildman–Crippen LogP) is 0.740. The van der Waals surface area contributed by atoms with Crippen molar-refractivity contribution in [3.63, 3.8) is 0 Å². The van der Waals surface area contributed by atoms with Crippen molar-refractivity contribution in [1.82, 2.24) is 9.80 Å². The summed E-state index contributed by atoms with van der Waals surface area (Å²) < 4.78 is 4.88. The van der Waals surface area contributed by atoms with Gasteiger partial charge in [-0.15, -0.1) is 0 Å². The van der Waals surface area contributed by atoms with Crippen molar-refractivity contribution in [3.8, 4) is 0 Å². The number of carbonyl (C=O) groups excluding carboxylic acids is 2. The van der Waals surface area contributed by atoms with E-state index in [0.717, 1.165) is 19.5 Å². The molecule has 0 radical (unpaired) electrons. The molecule has 0 bridgehead atoms. The molecule has 0 fully saturated rings. The van der Waals surface area contributed by atoms with Crippen molar-refractivity contribution in [2.24, 2.45) is 0 Å². The third kappa shape index (κ3) is 7.74. The van der Waals surface area contributed by atoms with Gasteiger partial charge in [-0.2, -0.15) is 0 Å². The molecule has 0 unspecified atom stereocenters. The predicted molar refractivity (Wildman–Crippen MR) is 66.7 cm³/mol. The molecular weight excluding hydrogens is 220 g/mol. The van der Waals surface area contributed by atoms with Crippen LogP contribution in [0.3, 0.4) is 0 Å². The van der Waals surface area contributed by atoms with Gasteiger partial charge in [0.05, 0.1) is 13.2 Å². The summed E-state index contributed by atoms with van der Waals surface area (Å²) >= 11 is 0. The maximum Gasteiger partial charge on any atom is 0.320 e. The van der Waals surface area contributed by atoms with Gasteiger partial charge < -0.3 is 9.64 Å². The molecule has 0 aliphatic heterocycles. The molecule has 17 heavy (non-hydrogen) atoms. The molecule has 0 saturated heterocycles. The van der Waals surface area contributed by atoms with Crippen LogP contribution in [0.2, 0.25) is 0 Å².